The zero-order valence-corrected chi connectivity index (χ0v) is 16.3. The van der Waals surface area contributed by atoms with Crippen LogP contribution in [0.5, 0.6) is 0 Å². The number of rotatable bonds is 8. The van der Waals surface area contributed by atoms with Crippen LogP contribution in [0.3, 0.4) is 0 Å². The molecule has 0 amide bonds. The van der Waals surface area contributed by atoms with Gasteiger partial charge in [0.15, 0.2) is 0 Å². The van der Waals surface area contributed by atoms with Gasteiger partial charge in [-0.3, -0.25) is 0 Å². The molecule has 0 saturated carbocycles. The molecule has 2 N–H and O–H groups in total. The predicted octanol–water partition coefficient (Wildman–Crippen LogP) is 5.07. The molecule has 138 valence electrons. The minimum Gasteiger partial charge on any atom is -0.321 e. The Kier molecular flexibility index (Phi) is 5.90. The normalized spacial score (nSPS) is 14.2. The van der Waals surface area contributed by atoms with Crippen molar-refractivity contribution in [3.63, 3.8) is 0 Å². The molecule has 3 heteroatoms. The largest absolute Gasteiger partial charge is 0.321 e. The summed E-state index contributed by atoms with van der Waals surface area (Å²) in [6.07, 6.45) is 3.01. The van der Waals surface area contributed by atoms with Crippen LogP contribution in [0, 0.1) is 0 Å². The van der Waals surface area contributed by atoms with Crippen LogP contribution in [0.15, 0.2) is 48.5 Å². The summed E-state index contributed by atoms with van der Waals surface area (Å²) in [4.78, 5) is 7.33. The topological polar surface area (TPSA) is 42.1 Å². The van der Waals surface area contributed by atoms with E-state index in [0.29, 0.717) is 0 Å². The van der Waals surface area contributed by atoms with Gasteiger partial charge in [-0.1, -0.05) is 57.2 Å². The summed E-state index contributed by atoms with van der Waals surface area (Å²) < 4.78 is 0. The zero-order valence-electron chi connectivity index (χ0n) is 16.3. The summed E-state index contributed by atoms with van der Waals surface area (Å²) in [7, 11) is 0. The van der Waals surface area contributed by atoms with Crippen LogP contribution in [-0.2, 0) is 5.54 Å². The molecule has 1 heterocycles. The maximum Gasteiger partial charge on any atom is 0.0713 e. The van der Waals surface area contributed by atoms with Gasteiger partial charge in [-0.2, -0.15) is 0 Å². The van der Waals surface area contributed by atoms with E-state index >= 15 is 0 Å². The van der Waals surface area contributed by atoms with Crippen molar-refractivity contribution in [2.24, 2.45) is 5.73 Å². The van der Waals surface area contributed by atoms with Crippen LogP contribution in [-0.4, -0.2) is 29.5 Å². The first-order chi connectivity index (χ1) is 12.6. The third-order valence-corrected chi connectivity index (χ3v) is 5.71. The number of pyridine rings is 1. The number of fused-ring (bicyclic) bond motifs is 2. The Morgan fingerprint density at radius 2 is 1.42 bits per heavy atom. The van der Waals surface area contributed by atoms with E-state index in [0.717, 1.165) is 49.9 Å². The number of aromatic nitrogens is 1. The van der Waals surface area contributed by atoms with Crippen molar-refractivity contribution in [2.45, 2.75) is 45.6 Å². The van der Waals surface area contributed by atoms with Gasteiger partial charge >= 0.3 is 0 Å². The Bertz CT molecular complexity index is 816. The van der Waals surface area contributed by atoms with E-state index in [-0.39, 0.29) is 5.54 Å². The second-order valence-corrected chi connectivity index (χ2v) is 7.16. The molecular weight excluding hydrogens is 318 g/mol. The van der Waals surface area contributed by atoms with Gasteiger partial charge in [0.1, 0.15) is 0 Å². The van der Waals surface area contributed by atoms with Gasteiger partial charge in [-0.25, -0.2) is 4.98 Å². The quantitative estimate of drug-likeness (QED) is 0.577. The number of nitrogens with zero attached hydrogens (tertiary/aromatic N) is 2. The molecule has 0 aliphatic carbocycles. The first-order valence-corrected chi connectivity index (χ1v) is 9.92. The van der Waals surface area contributed by atoms with E-state index in [1.165, 1.54) is 16.3 Å². The second-order valence-electron chi connectivity index (χ2n) is 7.16. The second kappa shape index (κ2) is 8.15. The van der Waals surface area contributed by atoms with Gasteiger partial charge in [-0.05, 0) is 56.6 Å². The van der Waals surface area contributed by atoms with Gasteiger partial charge in [0, 0.05) is 16.3 Å². The Hall–Kier alpha value is -1.97. The van der Waals surface area contributed by atoms with Gasteiger partial charge in [0.25, 0.3) is 0 Å². The number of nitrogens with two attached hydrogens (primary N) is 1. The Morgan fingerprint density at radius 1 is 0.885 bits per heavy atom. The lowest BCUT2D eigenvalue weighted by atomic mass is 9.80. The molecular formula is C23H31N3. The summed E-state index contributed by atoms with van der Waals surface area (Å²) >= 11 is 0. The standard InChI is InChI=1S/C23H31N3/c1-4-23(24,16-11-17-26(5-2)6-3)22-18-12-7-9-14-20(18)25-21-15-10-8-13-19(21)22/h7-10,12-15H,4-6,11,16-17,24H2,1-3H3. The van der Waals surface area contributed by atoms with Crippen LogP contribution < -0.4 is 5.73 Å². The number of hydrogen-bond donors (Lipinski definition) is 1. The van der Waals surface area contributed by atoms with Gasteiger partial charge in [-0.15, -0.1) is 0 Å². The van der Waals surface area contributed by atoms with E-state index in [2.05, 4.69) is 74.2 Å². The molecule has 3 aromatic rings. The zero-order chi connectivity index (χ0) is 18.6. The van der Waals surface area contributed by atoms with Gasteiger partial charge in [0.2, 0.25) is 0 Å². The number of para-hydroxylation sites is 2. The molecule has 3 nitrogen and oxygen atoms in total. The summed E-state index contributed by atoms with van der Waals surface area (Å²) in [6, 6.07) is 16.8. The number of benzene rings is 2. The van der Waals surface area contributed by atoms with Crippen molar-refractivity contribution in [3.05, 3.63) is 54.1 Å². The van der Waals surface area contributed by atoms with Crippen LogP contribution >= 0.6 is 0 Å². The molecule has 0 fully saturated rings. The predicted molar refractivity (Wildman–Crippen MR) is 112 cm³/mol. The fraction of sp³-hybridized carbons (Fsp3) is 0.435. The van der Waals surface area contributed by atoms with Crippen molar-refractivity contribution < 1.29 is 0 Å². The molecule has 1 aromatic heterocycles. The monoisotopic (exact) mass is 349 g/mol. The van der Waals surface area contributed by atoms with E-state index in [1.54, 1.807) is 0 Å². The maximum atomic E-state index is 7.07. The fourth-order valence-corrected chi connectivity index (χ4v) is 4.01. The first-order valence-electron chi connectivity index (χ1n) is 9.92. The minimum absolute atomic E-state index is 0.338. The lowest BCUT2D eigenvalue weighted by molar-refractivity contribution is 0.275. The summed E-state index contributed by atoms with van der Waals surface area (Å²) in [5.74, 6) is 0. The highest BCUT2D eigenvalue weighted by Gasteiger charge is 2.29. The Balaban J connectivity index is 2.07. The molecule has 3 rings (SSSR count). The number of hydrogen-bond acceptors (Lipinski definition) is 3. The maximum absolute atomic E-state index is 7.07. The molecule has 1 atom stereocenters. The Labute approximate surface area is 157 Å². The highest BCUT2D eigenvalue weighted by atomic mass is 15.1. The van der Waals surface area contributed by atoms with E-state index < -0.39 is 0 Å². The molecule has 0 aliphatic heterocycles. The average Bonchev–Trinajstić information content (AvgIpc) is 2.69. The van der Waals surface area contributed by atoms with E-state index in [1.807, 2.05) is 0 Å². The molecule has 0 spiro atoms. The molecule has 0 bridgehead atoms. The van der Waals surface area contributed by atoms with E-state index in [9.17, 15) is 0 Å². The van der Waals surface area contributed by atoms with E-state index in [4.69, 9.17) is 10.7 Å². The molecule has 0 saturated heterocycles. The molecule has 0 radical (unpaired) electrons. The lowest BCUT2D eigenvalue weighted by Crippen LogP contribution is -2.37. The smallest absolute Gasteiger partial charge is 0.0713 e. The first kappa shape index (κ1) is 18.8. The summed E-state index contributed by atoms with van der Waals surface area (Å²) in [5, 5.41) is 2.39. The Morgan fingerprint density at radius 3 is 1.92 bits per heavy atom. The van der Waals surface area contributed by atoms with Crippen molar-refractivity contribution in [1.82, 2.24) is 9.88 Å². The third-order valence-electron chi connectivity index (χ3n) is 5.71. The summed E-state index contributed by atoms with van der Waals surface area (Å²) in [5.41, 5.74) is 10.1. The van der Waals surface area contributed by atoms with Crippen molar-refractivity contribution in [1.29, 1.82) is 0 Å². The molecule has 26 heavy (non-hydrogen) atoms. The fourth-order valence-electron chi connectivity index (χ4n) is 4.01. The van der Waals surface area contributed by atoms with Gasteiger partial charge in [0.05, 0.1) is 11.0 Å². The molecule has 2 aromatic carbocycles. The minimum atomic E-state index is -0.338. The average molecular weight is 350 g/mol. The van der Waals surface area contributed by atoms with Crippen LogP contribution in [0.2, 0.25) is 0 Å². The molecule has 1 unspecified atom stereocenters. The van der Waals surface area contributed by atoms with Crippen LogP contribution in [0.1, 0.15) is 45.6 Å². The van der Waals surface area contributed by atoms with Crippen molar-refractivity contribution in [3.8, 4) is 0 Å². The van der Waals surface area contributed by atoms with Crippen molar-refractivity contribution in [2.75, 3.05) is 19.6 Å². The third kappa shape index (κ3) is 3.60. The van der Waals surface area contributed by atoms with Crippen molar-refractivity contribution >= 4 is 21.8 Å². The lowest BCUT2D eigenvalue weighted by Gasteiger charge is -2.32. The highest BCUT2D eigenvalue weighted by molar-refractivity contribution is 5.98. The SMILES string of the molecule is CCN(CC)CCCC(N)(CC)c1c2ccccc2nc2ccccc12. The highest BCUT2D eigenvalue weighted by Crippen LogP contribution is 2.37. The summed E-state index contributed by atoms with van der Waals surface area (Å²) in [6.45, 7) is 9.96. The molecule has 0 aliphatic rings. The van der Waals surface area contributed by atoms with Crippen LogP contribution in [0.4, 0.5) is 0 Å². The van der Waals surface area contributed by atoms with Gasteiger partial charge < -0.3 is 10.6 Å². The van der Waals surface area contributed by atoms with Crippen LogP contribution in [0.25, 0.3) is 21.8 Å².